The number of carbonyl (C=O) groups is 2. The summed E-state index contributed by atoms with van der Waals surface area (Å²) in [6.07, 6.45) is 59.9. The Morgan fingerprint density at radius 2 is 0.452 bits per heavy atom. The lowest BCUT2D eigenvalue weighted by atomic mass is 9.82. The quantitative estimate of drug-likeness (QED) is 0.0249. The zero-order valence-corrected chi connectivity index (χ0v) is 53.8. The number of rotatable bonds is 52. The Balaban J connectivity index is 1.23. The number of benzene rings is 4. The van der Waals surface area contributed by atoms with Gasteiger partial charge in [0.1, 0.15) is 0 Å². The summed E-state index contributed by atoms with van der Waals surface area (Å²) in [5.74, 6) is 2.28. The molecule has 84 heavy (non-hydrogen) atoms. The zero-order valence-electron chi connectivity index (χ0n) is 53.8. The van der Waals surface area contributed by atoms with E-state index in [1.54, 1.807) is 0 Å². The number of carbonyl (C=O) groups excluding carboxylic acids is 2. The predicted octanol–water partition coefficient (Wildman–Crippen LogP) is 24.3. The standard InChI is InChI=1S/C78H116O6/c1-5-9-13-17-21-25-29-33-37-41-57-81-73-55-51-67(63-75(73)83-59-43-39-35-31-27-23-19-15-11-7-3)47-45-65-49-53-69-71(61-65)72-62-66(50-54-70(72)78(80)77(69)79)46-48-68-52-56-74(82-58-42-38-34-30-26-22-18-14-10-6-2)76(64-68)84-60-44-40-36-32-28-24-20-16-12-8-4/h45-56,61-64H,5-44,57-60H2,1-4H3. The highest BCUT2D eigenvalue weighted by Crippen LogP contribution is 2.37. The van der Waals surface area contributed by atoms with E-state index >= 15 is 0 Å². The van der Waals surface area contributed by atoms with Gasteiger partial charge in [-0.25, -0.2) is 0 Å². The summed E-state index contributed by atoms with van der Waals surface area (Å²) >= 11 is 0. The maximum atomic E-state index is 13.5. The first-order valence-electron chi connectivity index (χ1n) is 35.0. The maximum Gasteiger partial charge on any atom is 0.234 e. The third kappa shape index (κ3) is 28.4. The van der Waals surface area contributed by atoms with E-state index in [0.29, 0.717) is 37.6 Å². The highest BCUT2D eigenvalue weighted by atomic mass is 16.5. The Kier molecular flexibility index (Phi) is 37.5. The lowest BCUT2D eigenvalue weighted by Gasteiger charge is -2.19. The number of ketones is 2. The largest absolute Gasteiger partial charge is 0.490 e. The van der Waals surface area contributed by atoms with Gasteiger partial charge in [-0.15, -0.1) is 0 Å². The minimum absolute atomic E-state index is 0.440. The number of hydrogen-bond acceptors (Lipinski definition) is 6. The van der Waals surface area contributed by atoms with Crippen LogP contribution in [0.1, 0.15) is 327 Å². The van der Waals surface area contributed by atoms with Crippen molar-refractivity contribution in [3.05, 3.63) is 106 Å². The second-order valence-electron chi connectivity index (χ2n) is 24.5. The predicted molar refractivity (Wildman–Crippen MR) is 361 cm³/mol. The first kappa shape index (κ1) is 69.7. The first-order valence-corrected chi connectivity index (χ1v) is 35.0. The molecule has 0 saturated carbocycles. The van der Waals surface area contributed by atoms with Crippen molar-refractivity contribution in [2.24, 2.45) is 0 Å². The van der Waals surface area contributed by atoms with Crippen molar-refractivity contribution in [2.75, 3.05) is 26.4 Å². The van der Waals surface area contributed by atoms with Gasteiger partial charge in [-0.2, -0.15) is 0 Å². The number of fused-ring (bicyclic) bond motifs is 3. The molecule has 0 aliphatic heterocycles. The topological polar surface area (TPSA) is 71.1 Å². The summed E-state index contributed by atoms with van der Waals surface area (Å²) in [6.45, 7) is 11.8. The van der Waals surface area contributed by atoms with Crippen LogP contribution in [0.5, 0.6) is 23.0 Å². The molecular formula is C78H116O6. The molecule has 0 bridgehead atoms. The molecule has 0 amide bonds. The molecule has 0 N–H and O–H groups in total. The molecule has 0 saturated heterocycles. The van der Waals surface area contributed by atoms with E-state index in [0.717, 1.165) is 82.1 Å². The van der Waals surface area contributed by atoms with Crippen LogP contribution in [0.25, 0.3) is 35.4 Å². The lowest BCUT2D eigenvalue weighted by Crippen LogP contribution is -2.21. The molecule has 0 aromatic heterocycles. The van der Waals surface area contributed by atoms with E-state index in [1.807, 2.05) is 36.4 Å². The fraction of sp³-hybridized carbons (Fsp3) is 0.615. The Bertz CT molecular complexity index is 2280. The molecular weight excluding hydrogens is 1030 g/mol. The molecule has 1 aliphatic carbocycles. The van der Waals surface area contributed by atoms with Crippen LogP contribution in [0, 0.1) is 0 Å². The Labute approximate surface area is 513 Å². The van der Waals surface area contributed by atoms with Gasteiger partial charge in [0.25, 0.3) is 0 Å². The lowest BCUT2D eigenvalue weighted by molar-refractivity contribution is 0.0815. The van der Waals surface area contributed by atoms with Crippen molar-refractivity contribution in [1.29, 1.82) is 0 Å². The summed E-state index contributed by atoms with van der Waals surface area (Å²) in [5, 5.41) is 0. The number of hydrogen-bond donors (Lipinski definition) is 0. The second kappa shape index (κ2) is 45.2. The highest BCUT2D eigenvalue weighted by Gasteiger charge is 2.30. The number of ether oxygens (including phenoxy) is 4. The summed E-state index contributed by atoms with van der Waals surface area (Å²) in [6, 6.07) is 24.1. The van der Waals surface area contributed by atoms with Gasteiger partial charge in [0.15, 0.2) is 23.0 Å². The van der Waals surface area contributed by atoms with E-state index in [-0.39, 0.29) is 0 Å². The average Bonchev–Trinajstić information content (AvgIpc) is 1.59. The van der Waals surface area contributed by atoms with Crippen LogP contribution in [0.4, 0.5) is 0 Å². The van der Waals surface area contributed by atoms with Gasteiger partial charge in [-0.3, -0.25) is 9.59 Å². The monoisotopic (exact) mass is 1150 g/mol. The van der Waals surface area contributed by atoms with E-state index in [1.165, 1.54) is 231 Å². The molecule has 6 heteroatoms. The molecule has 6 nitrogen and oxygen atoms in total. The van der Waals surface area contributed by atoms with Crippen molar-refractivity contribution in [1.82, 2.24) is 0 Å². The molecule has 464 valence electrons. The smallest absolute Gasteiger partial charge is 0.234 e. The van der Waals surface area contributed by atoms with Crippen LogP contribution in [-0.2, 0) is 0 Å². The molecule has 0 fully saturated rings. The molecule has 4 aromatic carbocycles. The van der Waals surface area contributed by atoms with Gasteiger partial charge in [-0.1, -0.05) is 307 Å². The summed E-state index contributed by atoms with van der Waals surface area (Å²) < 4.78 is 25.8. The molecule has 0 heterocycles. The molecule has 0 unspecified atom stereocenters. The Morgan fingerprint density at radius 1 is 0.238 bits per heavy atom. The average molecular weight is 1150 g/mol. The third-order valence-corrected chi connectivity index (χ3v) is 17.0. The zero-order chi connectivity index (χ0) is 59.3. The van der Waals surface area contributed by atoms with Gasteiger partial charge >= 0.3 is 0 Å². The minimum atomic E-state index is -0.463. The maximum absolute atomic E-state index is 13.5. The molecule has 0 atom stereocenters. The van der Waals surface area contributed by atoms with Gasteiger partial charge in [-0.05, 0) is 108 Å². The van der Waals surface area contributed by atoms with Crippen molar-refractivity contribution < 1.29 is 28.5 Å². The molecule has 5 rings (SSSR count). The summed E-state index contributed by atoms with van der Waals surface area (Å²) in [7, 11) is 0. The van der Waals surface area contributed by atoms with Crippen LogP contribution in [0.15, 0.2) is 72.8 Å². The van der Waals surface area contributed by atoms with Crippen LogP contribution in [0.3, 0.4) is 0 Å². The van der Waals surface area contributed by atoms with Gasteiger partial charge in [0.05, 0.1) is 26.4 Å². The minimum Gasteiger partial charge on any atom is -0.490 e. The van der Waals surface area contributed by atoms with Crippen molar-refractivity contribution in [2.45, 2.75) is 285 Å². The molecule has 1 aliphatic rings. The Morgan fingerprint density at radius 3 is 0.714 bits per heavy atom. The van der Waals surface area contributed by atoms with Gasteiger partial charge in [0.2, 0.25) is 11.6 Å². The summed E-state index contributed by atoms with van der Waals surface area (Å²) in [5.41, 5.74) is 6.33. The van der Waals surface area contributed by atoms with Crippen molar-refractivity contribution >= 4 is 35.9 Å². The SMILES string of the molecule is CCCCCCCCCCCCOc1ccc(C=Cc2ccc3c(c2)-c2cc(C=Cc4ccc(OCCCCCCCCCCCC)c(OCCCCCCCCCCCC)c4)ccc2C(=O)C3=O)cc1OCCCCCCCCCCCC. The second-order valence-corrected chi connectivity index (χ2v) is 24.5. The third-order valence-electron chi connectivity index (χ3n) is 17.0. The molecule has 0 spiro atoms. The van der Waals surface area contributed by atoms with Crippen LogP contribution in [0.2, 0.25) is 0 Å². The fourth-order valence-electron chi connectivity index (χ4n) is 11.6. The summed E-state index contributed by atoms with van der Waals surface area (Å²) in [4.78, 5) is 27.1. The molecule has 4 aromatic rings. The van der Waals surface area contributed by atoms with Crippen LogP contribution >= 0.6 is 0 Å². The van der Waals surface area contributed by atoms with Gasteiger partial charge in [0, 0.05) is 11.1 Å². The number of unbranched alkanes of at least 4 members (excludes halogenated alkanes) is 36. The first-order chi connectivity index (χ1) is 41.4. The van der Waals surface area contributed by atoms with E-state index in [2.05, 4.69) is 88.4 Å². The van der Waals surface area contributed by atoms with Crippen LogP contribution in [-0.4, -0.2) is 38.0 Å². The highest BCUT2D eigenvalue weighted by molar-refractivity contribution is 6.53. The fourth-order valence-corrected chi connectivity index (χ4v) is 11.6. The number of Topliss-reactive ketones (excluding diaryl/α,β-unsaturated/α-hetero) is 2. The Hall–Kier alpha value is -5.10. The normalized spacial score (nSPS) is 12.2. The molecule has 0 radical (unpaired) electrons. The van der Waals surface area contributed by atoms with Crippen LogP contribution < -0.4 is 18.9 Å². The van der Waals surface area contributed by atoms with Crippen molar-refractivity contribution in [3.63, 3.8) is 0 Å². The van der Waals surface area contributed by atoms with E-state index in [9.17, 15) is 9.59 Å². The van der Waals surface area contributed by atoms with E-state index < -0.39 is 11.6 Å². The van der Waals surface area contributed by atoms with E-state index in [4.69, 9.17) is 18.9 Å². The van der Waals surface area contributed by atoms with Gasteiger partial charge < -0.3 is 18.9 Å². The van der Waals surface area contributed by atoms with Crippen molar-refractivity contribution in [3.8, 4) is 34.1 Å².